The van der Waals surface area contributed by atoms with Crippen LogP contribution in [0.4, 0.5) is 5.69 Å². The van der Waals surface area contributed by atoms with Gasteiger partial charge in [-0.25, -0.2) is 0 Å². The number of carbonyl (C=O) groups is 1. The maximum atomic E-state index is 11.8. The monoisotopic (exact) mass is 283 g/mol. The fraction of sp³-hybridized carbons (Fsp3) is 0.294. The van der Waals surface area contributed by atoms with E-state index in [1.165, 1.54) is 5.56 Å². The van der Waals surface area contributed by atoms with Crippen LogP contribution < -0.4 is 10.6 Å². The van der Waals surface area contributed by atoms with E-state index < -0.39 is 0 Å². The topological polar surface area (TPSA) is 54.0 Å². The summed E-state index contributed by atoms with van der Waals surface area (Å²) < 4.78 is 0. The Bertz CT molecular complexity index is 564. The molecule has 0 atom stereocenters. The van der Waals surface area contributed by atoms with Crippen LogP contribution in [-0.2, 0) is 11.3 Å². The molecule has 0 saturated heterocycles. The fourth-order valence-corrected chi connectivity index (χ4v) is 1.93. The smallest absolute Gasteiger partial charge is 0.239 e. The summed E-state index contributed by atoms with van der Waals surface area (Å²) in [5.41, 5.74) is 3.24. The highest BCUT2D eigenvalue weighted by Crippen LogP contribution is 2.16. The summed E-state index contributed by atoms with van der Waals surface area (Å²) in [6.07, 6.45) is 3.46. The molecule has 0 radical (unpaired) electrons. The number of benzene rings is 1. The lowest BCUT2D eigenvalue weighted by atomic mass is 10.0. The molecule has 4 nitrogen and oxygen atoms in total. The Balaban J connectivity index is 1.76. The van der Waals surface area contributed by atoms with Crippen molar-refractivity contribution in [2.75, 3.05) is 11.9 Å². The zero-order chi connectivity index (χ0) is 15.1. The highest BCUT2D eigenvalue weighted by molar-refractivity contribution is 5.80. The van der Waals surface area contributed by atoms with Crippen LogP contribution in [0.25, 0.3) is 0 Å². The third kappa shape index (κ3) is 4.91. The number of pyridine rings is 1. The van der Waals surface area contributed by atoms with Gasteiger partial charge in [0.15, 0.2) is 0 Å². The predicted octanol–water partition coefficient (Wildman–Crippen LogP) is 2.93. The number of carbonyl (C=O) groups excluding carboxylic acids is 1. The maximum Gasteiger partial charge on any atom is 0.239 e. The molecule has 1 heterocycles. The molecule has 4 heteroatoms. The van der Waals surface area contributed by atoms with Crippen LogP contribution in [0, 0.1) is 0 Å². The lowest BCUT2D eigenvalue weighted by Gasteiger charge is -2.09. The number of aromatic nitrogens is 1. The molecular formula is C17H21N3O. The molecule has 1 aromatic heterocycles. The van der Waals surface area contributed by atoms with E-state index in [2.05, 4.69) is 41.6 Å². The summed E-state index contributed by atoms with van der Waals surface area (Å²) in [6, 6.07) is 12.0. The largest absolute Gasteiger partial charge is 0.376 e. The Kier molecular flexibility index (Phi) is 5.32. The number of hydrogen-bond donors (Lipinski definition) is 2. The maximum absolute atomic E-state index is 11.8. The van der Waals surface area contributed by atoms with Crippen LogP contribution in [0.2, 0.25) is 0 Å². The number of amides is 1. The molecule has 0 bridgehead atoms. The molecule has 2 aromatic rings. The van der Waals surface area contributed by atoms with Crippen LogP contribution in [0.3, 0.4) is 0 Å². The second kappa shape index (κ2) is 7.43. The van der Waals surface area contributed by atoms with E-state index in [0.717, 1.165) is 11.3 Å². The number of nitrogens with one attached hydrogen (secondary N) is 2. The van der Waals surface area contributed by atoms with Crippen molar-refractivity contribution in [2.24, 2.45) is 0 Å². The predicted molar refractivity (Wildman–Crippen MR) is 85.1 cm³/mol. The minimum Gasteiger partial charge on any atom is -0.376 e. The minimum absolute atomic E-state index is 0.0354. The number of nitrogens with zero attached hydrogens (tertiary/aromatic N) is 1. The summed E-state index contributed by atoms with van der Waals surface area (Å²) in [5.74, 6) is 0.480. The average Bonchev–Trinajstić information content (AvgIpc) is 2.52. The molecule has 110 valence electrons. The third-order valence-corrected chi connectivity index (χ3v) is 3.24. The standard InChI is InChI=1S/C17H21N3O/c1-13(2)15-5-7-16(8-6-15)19-12-17(21)20-11-14-4-3-9-18-10-14/h3-10,13,19H,11-12H2,1-2H3,(H,20,21). The summed E-state index contributed by atoms with van der Waals surface area (Å²) >= 11 is 0. The van der Waals surface area contributed by atoms with Crippen molar-refractivity contribution in [1.29, 1.82) is 0 Å². The van der Waals surface area contributed by atoms with Crippen LogP contribution in [0.15, 0.2) is 48.8 Å². The zero-order valence-corrected chi connectivity index (χ0v) is 12.5. The number of rotatable bonds is 6. The molecule has 21 heavy (non-hydrogen) atoms. The zero-order valence-electron chi connectivity index (χ0n) is 12.5. The van der Waals surface area contributed by atoms with Gasteiger partial charge in [0.2, 0.25) is 5.91 Å². The molecule has 2 N–H and O–H groups in total. The van der Waals surface area contributed by atoms with Crippen LogP contribution in [0.5, 0.6) is 0 Å². The quantitative estimate of drug-likeness (QED) is 0.857. The van der Waals surface area contributed by atoms with Gasteiger partial charge in [-0.15, -0.1) is 0 Å². The summed E-state index contributed by atoms with van der Waals surface area (Å²) in [4.78, 5) is 15.8. The first-order chi connectivity index (χ1) is 10.1. The van der Waals surface area contributed by atoms with Gasteiger partial charge < -0.3 is 10.6 Å². The van der Waals surface area contributed by atoms with Crippen LogP contribution in [0.1, 0.15) is 30.9 Å². The molecule has 2 rings (SSSR count). The summed E-state index contributed by atoms with van der Waals surface area (Å²) in [6.45, 7) is 5.09. The van der Waals surface area contributed by atoms with Crippen LogP contribution >= 0.6 is 0 Å². The molecule has 0 aliphatic carbocycles. The van der Waals surface area contributed by atoms with Crippen molar-refractivity contribution < 1.29 is 4.79 Å². The van der Waals surface area contributed by atoms with Gasteiger partial charge in [-0.05, 0) is 35.2 Å². The van der Waals surface area contributed by atoms with Gasteiger partial charge in [0.05, 0.1) is 6.54 Å². The Morgan fingerprint density at radius 2 is 1.95 bits per heavy atom. The second-order valence-electron chi connectivity index (χ2n) is 5.27. The molecule has 0 spiro atoms. The molecule has 1 aromatic carbocycles. The van der Waals surface area contributed by atoms with E-state index in [4.69, 9.17) is 0 Å². The van der Waals surface area contributed by atoms with E-state index in [1.54, 1.807) is 12.4 Å². The van der Waals surface area contributed by atoms with Gasteiger partial charge in [0.1, 0.15) is 0 Å². The van der Waals surface area contributed by atoms with Crippen molar-refractivity contribution in [3.63, 3.8) is 0 Å². The first-order valence-corrected chi connectivity index (χ1v) is 7.14. The van der Waals surface area contributed by atoms with E-state index in [1.807, 2.05) is 24.3 Å². The Hall–Kier alpha value is -2.36. The number of anilines is 1. The Labute approximate surface area is 125 Å². The van der Waals surface area contributed by atoms with E-state index in [-0.39, 0.29) is 12.5 Å². The summed E-state index contributed by atoms with van der Waals surface area (Å²) in [7, 11) is 0. The Morgan fingerprint density at radius 3 is 2.57 bits per heavy atom. The molecule has 0 aliphatic rings. The molecule has 0 aliphatic heterocycles. The van der Waals surface area contributed by atoms with Gasteiger partial charge >= 0.3 is 0 Å². The molecule has 0 fully saturated rings. The first kappa shape index (κ1) is 15.0. The minimum atomic E-state index is -0.0354. The fourth-order valence-electron chi connectivity index (χ4n) is 1.93. The normalized spacial score (nSPS) is 10.4. The molecule has 0 unspecified atom stereocenters. The van der Waals surface area contributed by atoms with E-state index in [0.29, 0.717) is 12.5 Å². The lowest BCUT2D eigenvalue weighted by Crippen LogP contribution is -2.29. The van der Waals surface area contributed by atoms with Gasteiger partial charge in [0, 0.05) is 24.6 Å². The van der Waals surface area contributed by atoms with Gasteiger partial charge in [-0.2, -0.15) is 0 Å². The molecule has 1 amide bonds. The SMILES string of the molecule is CC(C)c1ccc(NCC(=O)NCc2cccnc2)cc1. The Morgan fingerprint density at radius 1 is 1.19 bits per heavy atom. The van der Waals surface area contributed by atoms with Gasteiger partial charge in [0.25, 0.3) is 0 Å². The lowest BCUT2D eigenvalue weighted by molar-refractivity contribution is -0.119. The third-order valence-electron chi connectivity index (χ3n) is 3.24. The second-order valence-corrected chi connectivity index (χ2v) is 5.27. The number of hydrogen-bond acceptors (Lipinski definition) is 3. The van der Waals surface area contributed by atoms with Gasteiger partial charge in [-0.3, -0.25) is 9.78 Å². The van der Waals surface area contributed by atoms with E-state index in [9.17, 15) is 4.79 Å². The van der Waals surface area contributed by atoms with Crippen molar-refractivity contribution in [2.45, 2.75) is 26.3 Å². The summed E-state index contributed by atoms with van der Waals surface area (Å²) in [5, 5.41) is 5.98. The van der Waals surface area contributed by atoms with E-state index >= 15 is 0 Å². The molecule has 0 saturated carbocycles. The highest BCUT2D eigenvalue weighted by Gasteiger charge is 2.02. The highest BCUT2D eigenvalue weighted by atomic mass is 16.1. The first-order valence-electron chi connectivity index (χ1n) is 7.14. The van der Waals surface area contributed by atoms with Crippen molar-refractivity contribution in [1.82, 2.24) is 10.3 Å². The van der Waals surface area contributed by atoms with Crippen LogP contribution in [-0.4, -0.2) is 17.4 Å². The van der Waals surface area contributed by atoms with Gasteiger partial charge in [-0.1, -0.05) is 32.0 Å². The van der Waals surface area contributed by atoms with Crippen molar-refractivity contribution >= 4 is 11.6 Å². The molecular weight excluding hydrogens is 262 g/mol. The van der Waals surface area contributed by atoms with Crippen molar-refractivity contribution in [3.8, 4) is 0 Å². The van der Waals surface area contributed by atoms with Crippen molar-refractivity contribution in [3.05, 3.63) is 59.9 Å². The average molecular weight is 283 g/mol.